The van der Waals surface area contributed by atoms with Gasteiger partial charge >= 0.3 is 0 Å². The third kappa shape index (κ3) is 4.74. The first kappa shape index (κ1) is 22.9. The van der Waals surface area contributed by atoms with Crippen LogP contribution in [0.3, 0.4) is 0 Å². The van der Waals surface area contributed by atoms with Crippen molar-refractivity contribution in [3.05, 3.63) is 47.0 Å². The minimum absolute atomic E-state index is 0.0151. The van der Waals surface area contributed by atoms with Gasteiger partial charge in [-0.2, -0.15) is 0 Å². The number of hydrogen-bond donors (Lipinski definition) is 2. The van der Waals surface area contributed by atoms with Crippen LogP contribution >= 0.6 is 23.4 Å². The molecule has 170 valence electrons. The van der Waals surface area contributed by atoms with Crippen LogP contribution in [0.2, 0.25) is 5.02 Å². The number of sulfonamides is 1. The van der Waals surface area contributed by atoms with Crippen molar-refractivity contribution in [3.8, 4) is 0 Å². The lowest BCUT2D eigenvalue weighted by Crippen LogP contribution is -2.47. The Labute approximate surface area is 196 Å². The maximum absolute atomic E-state index is 12.9. The number of rotatable bonds is 4. The molecule has 2 amide bonds. The smallest absolute Gasteiger partial charge is 0.261 e. The predicted molar refractivity (Wildman–Crippen MR) is 127 cm³/mol. The molecule has 2 N–H and O–H groups in total. The van der Waals surface area contributed by atoms with Crippen LogP contribution in [0.25, 0.3) is 0 Å². The van der Waals surface area contributed by atoms with Gasteiger partial charge in [0.15, 0.2) is 5.25 Å². The fourth-order valence-corrected chi connectivity index (χ4v) is 6.19. The summed E-state index contributed by atoms with van der Waals surface area (Å²) in [6.07, 6.45) is 1.87. The minimum Gasteiger partial charge on any atom is -0.341 e. The number of nitrogens with one attached hydrogen (secondary N) is 2. The van der Waals surface area contributed by atoms with Gasteiger partial charge in [0.05, 0.1) is 16.3 Å². The zero-order chi connectivity index (χ0) is 23.0. The lowest BCUT2D eigenvalue weighted by Gasteiger charge is -2.33. The van der Waals surface area contributed by atoms with Gasteiger partial charge < -0.3 is 10.2 Å². The minimum atomic E-state index is -3.88. The molecule has 2 aliphatic heterocycles. The van der Waals surface area contributed by atoms with Crippen molar-refractivity contribution in [2.24, 2.45) is 5.92 Å². The number of carbonyl (C=O) groups excluding carboxylic acids is 2. The molecule has 1 atom stereocenters. The van der Waals surface area contributed by atoms with Crippen molar-refractivity contribution in [2.75, 3.05) is 23.1 Å². The summed E-state index contributed by atoms with van der Waals surface area (Å²) in [4.78, 5) is 28.0. The zero-order valence-electron chi connectivity index (χ0n) is 17.7. The van der Waals surface area contributed by atoms with Crippen LogP contribution in [-0.4, -0.2) is 43.5 Å². The van der Waals surface area contributed by atoms with Gasteiger partial charge in [0.1, 0.15) is 0 Å². The number of anilines is 2. The number of carbonyl (C=O) groups is 2. The van der Waals surface area contributed by atoms with Crippen LogP contribution in [-0.2, 0) is 19.6 Å². The number of piperidine rings is 1. The number of hydrogen-bond acceptors (Lipinski definition) is 5. The van der Waals surface area contributed by atoms with Gasteiger partial charge in [-0.1, -0.05) is 18.5 Å². The molecule has 0 saturated carbocycles. The van der Waals surface area contributed by atoms with Gasteiger partial charge in [-0.15, -0.1) is 11.8 Å². The van der Waals surface area contributed by atoms with Crippen molar-refractivity contribution in [1.82, 2.24) is 4.90 Å². The van der Waals surface area contributed by atoms with Crippen molar-refractivity contribution in [1.29, 1.82) is 0 Å². The van der Waals surface area contributed by atoms with E-state index >= 15 is 0 Å². The SMILES string of the molecule is Cc1cc(Cl)ccc1NS(=O)(=O)c1ccc2c(c1)NC(=O)C(C(=O)N1CCC(C)CC1)S2. The molecule has 0 aromatic heterocycles. The van der Waals surface area contributed by atoms with E-state index < -0.39 is 21.2 Å². The molecule has 1 saturated heterocycles. The number of amides is 2. The van der Waals surface area contributed by atoms with E-state index in [0.29, 0.717) is 45.9 Å². The normalized spacial score (nSPS) is 19.3. The molecule has 7 nitrogen and oxygen atoms in total. The Kier molecular flexibility index (Phi) is 6.42. The highest BCUT2D eigenvalue weighted by Gasteiger charge is 2.37. The van der Waals surface area contributed by atoms with E-state index in [9.17, 15) is 18.0 Å². The molecular formula is C22H24ClN3O4S2. The van der Waals surface area contributed by atoms with Crippen LogP contribution < -0.4 is 10.0 Å². The van der Waals surface area contributed by atoms with Gasteiger partial charge in [-0.25, -0.2) is 8.42 Å². The maximum Gasteiger partial charge on any atom is 0.261 e. The average Bonchev–Trinajstić information content (AvgIpc) is 2.75. The fraction of sp³-hybridized carbons (Fsp3) is 0.364. The number of halogens is 1. The Morgan fingerprint density at radius 1 is 1.19 bits per heavy atom. The molecule has 2 aliphatic rings. The number of thioether (sulfide) groups is 1. The standard InChI is InChI=1S/C22H24ClN3O4S2/c1-13-7-9-26(10-8-13)22(28)20-21(27)24-18-12-16(4-6-19(18)31-20)32(29,30)25-17-5-3-15(23)11-14(17)2/h3-6,11-13,20,25H,7-10H2,1-2H3,(H,24,27). The van der Waals surface area contributed by atoms with E-state index in [0.717, 1.165) is 24.6 Å². The number of fused-ring (bicyclic) bond motifs is 1. The Balaban J connectivity index is 1.52. The summed E-state index contributed by atoms with van der Waals surface area (Å²) in [5, 5.41) is 2.37. The van der Waals surface area contributed by atoms with Crippen LogP contribution in [0, 0.1) is 12.8 Å². The van der Waals surface area contributed by atoms with Crippen LogP contribution in [0.4, 0.5) is 11.4 Å². The third-order valence-corrected chi connectivity index (χ3v) is 8.61. The molecule has 0 spiro atoms. The molecule has 32 heavy (non-hydrogen) atoms. The topological polar surface area (TPSA) is 95.6 Å². The second kappa shape index (κ2) is 8.96. The second-order valence-electron chi connectivity index (χ2n) is 8.22. The summed E-state index contributed by atoms with van der Waals surface area (Å²) in [7, 11) is -3.88. The average molecular weight is 494 g/mol. The lowest BCUT2D eigenvalue weighted by molar-refractivity contribution is -0.135. The van der Waals surface area contributed by atoms with E-state index in [4.69, 9.17) is 11.6 Å². The highest BCUT2D eigenvalue weighted by molar-refractivity contribution is 8.01. The molecule has 2 aromatic rings. The van der Waals surface area contributed by atoms with Crippen molar-refractivity contribution >= 4 is 56.6 Å². The molecule has 4 rings (SSSR count). The lowest BCUT2D eigenvalue weighted by atomic mass is 9.99. The van der Waals surface area contributed by atoms with E-state index in [-0.39, 0.29) is 10.8 Å². The summed E-state index contributed by atoms with van der Waals surface area (Å²) in [5.74, 6) is -0.0398. The Morgan fingerprint density at radius 2 is 1.91 bits per heavy atom. The largest absolute Gasteiger partial charge is 0.341 e. The fourth-order valence-electron chi connectivity index (χ4n) is 3.76. The van der Waals surface area contributed by atoms with E-state index in [1.54, 1.807) is 36.1 Å². The molecule has 0 aliphatic carbocycles. The zero-order valence-corrected chi connectivity index (χ0v) is 20.1. The second-order valence-corrected chi connectivity index (χ2v) is 11.5. The molecule has 0 bridgehead atoms. The highest BCUT2D eigenvalue weighted by Crippen LogP contribution is 2.38. The van der Waals surface area contributed by atoms with Crippen molar-refractivity contribution in [3.63, 3.8) is 0 Å². The number of aryl methyl sites for hydroxylation is 1. The van der Waals surface area contributed by atoms with Crippen molar-refractivity contribution < 1.29 is 18.0 Å². The summed E-state index contributed by atoms with van der Waals surface area (Å²) in [6.45, 7) is 5.23. The summed E-state index contributed by atoms with van der Waals surface area (Å²) in [5.41, 5.74) is 1.50. The van der Waals surface area contributed by atoms with Crippen LogP contribution in [0.15, 0.2) is 46.2 Å². The molecule has 1 fully saturated rings. The number of benzene rings is 2. The van der Waals surface area contributed by atoms with Gasteiger partial charge in [0.25, 0.3) is 10.0 Å². The Morgan fingerprint density at radius 3 is 2.59 bits per heavy atom. The van der Waals surface area contributed by atoms with E-state index in [2.05, 4.69) is 17.0 Å². The Bertz CT molecular complexity index is 1180. The number of likely N-dealkylation sites (tertiary alicyclic amines) is 1. The molecule has 0 radical (unpaired) electrons. The monoisotopic (exact) mass is 493 g/mol. The quantitative estimate of drug-likeness (QED) is 0.624. The number of nitrogens with zero attached hydrogens (tertiary/aromatic N) is 1. The molecule has 2 aromatic carbocycles. The first-order chi connectivity index (χ1) is 15.1. The predicted octanol–water partition coefficient (Wildman–Crippen LogP) is 4.12. The van der Waals surface area contributed by atoms with E-state index in [1.807, 2.05) is 0 Å². The summed E-state index contributed by atoms with van der Waals surface area (Å²) in [6, 6.07) is 9.39. The first-order valence-corrected chi connectivity index (χ1v) is 13.1. The highest BCUT2D eigenvalue weighted by atomic mass is 35.5. The van der Waals surface area contributed by atoms with Crippen LogP contribution in [0.1, 0.15) is 25.3 Å². The van der Waals surface area contributed by atoms with Crippen LogP contribution in [0.5, 0.6) is 0 Å². The van der Waals surface area contributed by atoms with Gasteiger partial charge in [0.2, 0.25) is 11.8 Å². The first-order valence-electron chi connectivity index (χ1n) is 10.3. The summed E-state index contributed by atoms with van der Waals surface area (Å²) >= 11 is 7.10. The third-order valence-electron chi connectivity index (χ3n) is 5.75. The maximum atomic E-state index is 12.9. The van der Waals surface area contributed by atoms with Gasteiger partial charge in [-0.05, 0) is 67.6 Å². The van der Waals surface area contributed by atoms with Crippen molar-refractivity contribution in [2.45, 2.75) is 41.7 Å². The molecule has 2 heterocycles. The molecular weight excluding hydrogens is 470 g/mol. The van der Waals surface area contributed by atoms with Gasteiger partial charge in [0, 0.05) is 23.0 Å². The molecule has 1 unspecified atom stereocenters. The Hall–Kier alpha value is -2.23. The summed E-state index contributed by atoms with van der Waals surface area (Å²) < 4.78 is 28.3. The van der Waals surface area contributed by atoms with Gasteiger partial charge in [-0.3, -0.25) is 14.3 Å². The van der Waals surface area contributed by atoms with E-state index in [1.165, 1.54) is 12.1 Å². The molecule has 10 heteroatoms.